The second kappa shape index (κ2) is 30.4. The van der Waals surface area contributed by atoms with Crippen molar-refractivity contribution in [2.45, 2.75) is 351 Å². The lowest BCUT2D eigenvalue weighted by Gasteiger charge is -2.62. The summed E-state index contributed by atoms with van der Waals surface area (Å²) in [5.41, 5.74) is -4.86. The maximum atomic E-state index is 12.8. The molecule has 550 valence electrons. The fourth-order valence-corrected chi connectivity index (χ4v) is 17.9. The Morgan fingerprint density at radius 3 is 1.48 bits per heavy atom. The Bertz CT molecular complexity index is 2670. The van der Waals surface area contributed by atoms with Gasteiger partial charge in [-0.25, -0.2) is 4.79 Å². The van der Waals surface area contributed by atoms with Gasteiger partial charge >= 0.3 is 41.8 Å². The average molecular weight is 1360 g/mol. The Balaban J connectivity index is 0.000000171. The van der Waals surface area contributed by atoms with Crippen molar-refractivity contribution in [2.24, 2.45) is 80.3 Å². The third-order valence-corrected chi connectivity index (χ3v) is 25.4. The highest BCUT2D eigenvalue weighted by Crippen LogP contribution is 2.63. The van der Waals surface area contributed by atoms with Crippen molar-refractivity contribution >= 4 is 41.8 Å². The van der Waals surface area contributed by atoms with Crippen LogP contribution < -0.4 is 0 Å². The van der Waals surface area contributed by atoms with E-state index < -0.39 is 56.9 Å². The number of carbonyl (C=O) groups excluding carboxylic acids is 7. The lowest BCUT2D eigenvalue weighted by molar-refractivity contribution is -0.264. The molecule has 2 N–H and O–H groups in total. The van der Waals surface area contributed by atoms with Crippen molar-refractivity contribution in [2.75, 3.05) is 19.8 Å². The van der Waals surface area contributed by atoms with Gasteiger partial charge in [0.15, 0.2) is 12.4 Å². The van der Waals surface area contributed by atoms with Gasteiger partial charge < -0.3 is 52.8 Å². The Morgan fingerprint density at radius 2 is 1.02 bits per heavy atom. The minimum absolute atomic E-state index is 0.0197. The molecule has 0 aromatic heterocycles. The molecule has 96 heavy (non-hydrogen) atoms. The number of carbonyl (C=O) groups is 7. The molecule has 3 aliphatic heterocycles. The SMILES string of the molecule is CCC(C)(C)C(=O)OC1(C(C)C)C2CC3CC(C2)CC1C3.CCC(C)(C)C(=O)OC12CC3CC(O)(CC(O)(C3)C1)C2.CCC(C)(C)C(=O)OCC(=O)OC1C2CC3CC(C2)C(=O)OC1C3.CCC(C)(C)C(=O)OCC1COC(C)(C)O1.CCC1(OC(=O)C(C)(C)CC)CCCC1. The summed E-state index contributed by atoms with van der Waals surface area (Å²) in [6.07, 6.45) is 22.1. The molecule has 0 radical (unpaired) electrons. The van der Waals surface area contributed by atoms with Crippen molar-refractivity contribution in [3.8, 4) is 0 Å². The van der Waals surface area contributed by atoms with Crippen LogP contribution in [0.2, 0.25) is 0 Å². The summed E-state index contributed by atoms with van der Waals surface area (Å²) in [7, 11) is 0. The molecule has 12 bridgehead atoms. The molecule has 8 atom stereocenters. The van der Waals surface area contributed by atoms with Crippen LogP contribution in [0.3, 0.4) is 0 Å². The van der Waals surface area contributed by atoms with E-state index in [1.807, 2.05) is 96.9 Å². The van der Waals surface area contributed by atoms with Crippen LogP contribution in [0.1, 0.15) is 299 Å². The van der Waals surface area contributed by atoms with Crippen LogP contribution in [0.4, 0.5) is 0 Å². The maximum Gasteiger partial charge on any atom is 0.344 e. The average Bonchev–Trinajstić information content (AvgIpc) is 0.825. The van der Waals surface area contributed by atoms with Crippen molar-refractivity contribution in [1.29, 1.82) is 0 Å². The third kappa shape index (κ3) is 18.6. The zero-order chi connectivity index (χ0) is 71.6. The van der Waals surface area contributed by atoms with Crippen LogP contribution in [0.5, 0.6) is 0 Å². The predicted octanol–water partition coefficient (Wildman–Crippen LogP) is 15.0. The molecule has 8 unspecified atom stereocenters. The van der Waals surface area contributed by atoms with Gasteiger partial charge in [-0.3, -0.25) is 28.8 Å². The molecule has 0 aromatic carbocycles. The van der Waals surface area contributed by atoms with Gasteiger partial charge in [-0.15, -0.1) is 0 Å². The lowest BCUT2D eigenvalue weighted by Crippen LogP contribution is -2.67. The fraction of sp³-hybridized carbons (Fsp3) is 0.910. The molecule has 14 fully saturated rings. The van der Waals surface area contributed by atoms with E-state index in [1.165, 1.54) is 44.9 Å². The third-order valence-electron chi connectivity index (χ3n) is 25.4. The minimum atomic E-state index is -0.842. The maximum absolute atomic E-state index is 12.8. The molecular formula is C78H130O18. The zero-order valence-corrected chi connectivity index (χ0v) is 63.2. The van der Waals surface area contributed by atoms with E-state index in [1.54, 1.807) is 13.8 Å². The number of aliphatic hydroxyl groups is 2. The summed E-state index contributed by atoms with van der Waals surface area (Å²) in [5, 5.41) is 21.3. The summed E-state index contributed by atoms with van der Waals surface area (Å²) >= 11 is 0. The number of hydrogen-bond acceptors (Lipinski definition) is 18. The molecule has 0 aromatic rings. The van der Waals surface area contributed by atoms with Gasteiger partial charge in [0.2, 0.25) is 0 Å². The summed E-state index contributed by atoms with van der Waals surface area (Å²) < 4.78 is 50.4. The fourth-order valence-electron chi connectivity index (χ4n) is 17.9. The standard InChI is InChI=1S/C19H32O2.C18H26O6.C16H26O4.C13H24O2.C12H22O4/c1-6-18(4,5)17(20)21-19(12(2)3)15-8-13-7-14(10-15)11-16(19)9-13;1-4-18(2,3)17(21)22-9-14(19)24-15-11-5-10-6-12(8-11)16(20)23-13(15)7-10;1-4-13(2,3)12(17)20-16-7-11-5-14(18,9-16)8-15(19,6-11)10-16;1-5-12(3,4)11(14)15-13(6-2)9-7-8-10-13;1-6-11(2,3)10(13)14-7-9-8-15-12(4,5)16-9/h12-16H,6-11H2,1-5H3;10-13,15H,4-9H2,1-3H3;11,18-19H,4-10H2,1-3H3;5-10H2,1-4H3;9H,6-8H2,1-5H3. The summed E-state index contributed by atoms with van der Waals surface area (Å²) in [4.78, 5) is 84.9. The Morgan fingerprint density at radius 1 is 0.552 bits per heavy atom. The van der Waals surface area contributed by atoms with Crippen LogP contribution in [-0.2, 0) is 76.2 Å². The van der Waals surface area contributed by atoms with E-state index in [9.17, 15) is 43.8 Å². The second-order valence-electron chi connectivity index (χ2n) is 35.9. The van der Waals surface area contributed by atoms with E-state index in [0.717, 1.165) is 102 Å². The van der Waals surface area contributed by atoms with Gasteiger partial charge in [0, 0.05) is 25.2 Å². The van der Waals surface area contributed by atoms with Crippen LogP contribution in [0, 0.1) is 80.3 Å². The molecule has 18 heteroatoms. The first-order chi connectivity index (χ1) is 44.4. The van der Waals surface area contributed by atoms with E-state index in [-0.39, 0.29) is 95.1 Å². The molecule has 18 nitrogen and oxygen atoms in total. The van der Waals surface area contributed by atoms with Crippen LogP contribution in [-0.4, -0.2) is 124 Å². The Hall–Kier alpha value is -3.87. The summed E-state index contributed by atoms with van der Waals surface area (Å²) in [6.45, 7) is 39.8. The van der Waals surface area contributed by atoms with Crippen molar-refractivity contribution < 1.29 is 86.4 Å². The minimum Gasteiger partial charge on any atom is -0.462 e. The van der Waals surface area contributed by atoms with Crippen molar-refractivity contribution in [1.82, 2.24) is 0 Å². The van der Waals surface area contributed by atoms with E-state index in [0.29, 0.717) is 56.0 Å². The number of ether oxygens (including phenoxy) is 9. The molecule has 11 aliphatic carbocycles. The number of rotatable bonds is 20. The van der Waals surface area contributed by atoms with Gasteiger partial charge in [0.25, 0.3) is 0 Å². The largest absolute Gasteiger partial charge is 0.462 e. The lowest BCUT2D eigenvalue weighted by atomic mass is 9.47. The normalized spacial score (nSPS) is 34.7. The first-order valence-corrected chi connectivity index (χ1v) is 37.6. The summed E-state index contributed by atoms with van der Waals surface area (Å²) in [5.74, 6) is 2.34. The zero-order valence-electron chi connectivity index (χ0n) is 63.2. The molecule has 11 saturated carbocycles. The summed E-state index contributed by atoms with van der Waals surface area (Å²) in [6, 6.07) is 0. The van der Waals surface area contributed by atoms with Gasteiger partial charge in [0.1, 0.15) is 41.7 Å². The number of hydrogen-bond donors (Lipinski definition) is 2. The molecule has 3 heterocycles. The first-order valence-electron chi connectivity index (χ1n) is 37.6. The Kier molecular flexibility index (Phi) is 25.1. The van der Waals surface area contributed by atoms with E-state index in [4.69, 9.17) is 42.6 Å². The van der Waals surface area contributed by atoms with Crippen LogP contribution in [0.25, 0.3) is 0 Å². The van der Waals surface area contributed by atoms with Crippen molar-refractivity contribution in [3.05, 3.63) is 0 Å². The van der Waals surface area contributed by atoms with E-state index >= 15 is 0 Å². The van der Waals surface area contributed by atoms with Gasteiger partial charge in [-0.1, -0.05) is 55.4 Å². The smallest absolute Gasteiger partial charge is 0.344 e. The highest BCUT2D eigenvalue weighted by atomic mass is 16.7. The van der Waals surface area contributed by atoms with Gasteiger partial charge in [0.05, 0.1) is 50.8 Å². The topological polar surface area (TPSA) is 243 Å². The molecule has 14 rings (SSSR count). The Labute approximate surface area is 577 Å². The monoisotopic (exact) mass is 1350 g/mol. The molecular weight excluding hydrogens is 1220 g/mol. The van der Waals surface area contributed by atoms with Crippen LogP contribution >= 0.6 is 0 Å². The molecule has 14 aliphatic rings. The quantitative estimate of drug-likeness (QED) is 0.0850. The number of fused-ring (bicyclic) bond motifs is 1. The predicted molar refractivity (Wildman–Crippen MR) is 364 cm³/mol. The van der Waals surface area contributed by atoms with Gasteiger partial charge in [-0.05, 0) is 266 Å². The first kappa shape index (κ1) is 79.5. The number of esters is 7. The second-order valence-corrected chi connectivity index (χ2v) is 35.9. The van der Waals surface area contributed by atoms with E-state index in [2.05, 4.69) is 27.7 Å². The highest BCUT2D eigenvalue weighted by molar-refractivity contribution is 5.80. The van der Waals surface area contributed by atoms with Gasteiger partial charge in [-0.2, -0.15) is 0 Å². The van der Waals surface area contributed by atoms with Crippen molar-refractivity contribution in [3.63, 3.8) is 0 Å². The highest BCUT2D eigenvalue weighted by Gasteiger charge is 2.65. The molecule has 3 saturated heterocycles. The van der Waals surface area contributed by atoms with Crippen LogP contribution in [0.15, 0.2) is 0 Å². The molecule has 0 spiro atoms. The molecule has 0 amide bonds.